The maximum Gasteiger partial charge on any atom is 0.154 e. The van der Waals surface area contributed by atoms with E-state index < -0.39 is 6.29 Å². The van der Waals surface area contributed by atoms with Crippen LogP contribution in [0, 0.1) is 11.8 Å². The number of ether oxygens (including phenoxy) is 1. The van der Waals surface area contributed by atoms with E-state index in [4.69, 9.17) is 4.74 Å². The van der Waals surface area contributed by atoms with E-state index in [1.165, 1.54) is 63.4 Å². The first kappa shape index (κ1) is 27.9. The van der Waals surface area contributed by atoms with Gasteiger partial charge in [-0.3, -0.25) is 0 Å². The van der Waals surface area contributed by atoms with Crippen molar-refractivity contribution in [2.75, 3.05) is 0 Å². The van der Waals surface area contributed by atoms with Gasteiger partial charge in [-0.1, -0.05) is 87.1 Å². The minimum atomic E-state index is -0.595. The van der Waals surface area contributed by atoms with Crippen molar-refractivity contribution in [3.63, 3.8) is 0 Å². The molecule has 1 aliphatic rings. The first-order valence-electron chi connectivity index (χ1n) is 13.0. The summed E-state index contributed by atoms with van der Waals surface area (Å²) in [6.07, 6.45) is 30.2. The van der Waals surface area contributed by atoms with Crippen LogP contribution in [0.5, 0.6) is 0 Å². The number of rotatable bonds is 18. The van der Waals surface area contributed by atoms with Gasteiger partial charge in [0.25, 0.3) is 0 Å². The van der Waals surface area contributed by atoms with Crippen molar-refractivity contribution >= 4 is 0 Å². The molecule has 0 aromatic carbocycles. The Morgan fingerprint density at radius 2 is 1.77 bits per heavy atom. The summed E-state index contributed by atoms with van der Waals surface area (Å²) in [5.74, 6) is 1.86. The first-order chi connectivity index (χ1) is 15.0. The molecule has 0 aliphatic heterocycles. The third kappa shape index (κ3) is 15.3. The summed E-state index contributed by atoms with van der Waals surface area (Å²) in [6.45, 7) is 10.1. The van der Waals surface area contributed by atoms with Crippen molar-refractivity contribution in [1.29, 1.82) is 0 Å². The van der Waals surface area contributed by atoms with Crippen LogP contribution in [0.25, 0.3) is 0 Å². The Bertz CT molecular complexity index is 529. The highest BCUT2D eigenvalue weighted by molar-refractivity contribution is 5.18. The van der Waals surface area contributed by atoms with Gasteiger partial charge in [-0.15, -0.1) is 0 Å². The standard InChI is InChI=1S/C29H50O2/c1-5-6-12-18-26(4)19-13-10-11-15-21-28-23-17-22-27(28)20-14-8-7-9-16-24-29(30)31-25(2)3/h5-6,8,12,14,18,25,27-30H,4,7,9-11,13,15-17,19-24H2,1-3H3/b6-5-,14-8-,18-12-/t27-,28?,29?/m0/s1. The Balaban J connectivity index is 2.05. The van der Waals surface area contributed by atoms with E-state index in [1.54, 1.807) is 0 Å². The molecule has 178 valence electrons. The van der Waals surface area contributed by atoms with E-state index in [0.717, 1.165) is 43.9 Å². The summed E-state index contributed by atoms with van der Waals surface area (Å²) in [5, 5.41) is 9.73. The molecule has 0 bridgehead atoms. The highest BCUT2D eigenvalue weighted by Crippen LogP contribution is 2.37. The fourth-order valence-corrected chi connectivity index (χ4v) is 4.65. The monoisotopic (exact) mass is 430 g/mol. The van der Waals surface area contributed by atoms with Crippen LogP contribution in [0.4, 0.5) is 0 Å². The fraction of sp³-hybridized carbons (Fsp3) is 0.724. The van der Waals surface area contributed by atoms with Gasteiger partial charge in [0.15, 0.2) is 6.29 Å². The summed E-state index contributed by atoms with van der Waals surface area (Å²) >= 11 is 0. The largest absolute Gasteiger partial charge is 0.368 e. The lowest BCUT2D eigenvalue weighted by molar-refractivity contribution is -0.129. The maximum atomic E-state index is 9.73. The Hall–Kier alpha value is -1.12. The van der Waals surface area contributed by atoms with Crippen LogP contribution in [-0.2, 0) is 4.74 Å². The van der Waals surface area contributed by atoms with Crippen LogP contribution in [0.2, 0.25) is 0 Å². The number of aliphatic hydroxyl groups excluding tert-OH is 1. The van der Waals surface area contributed by atoms with E-state index >= 15 is 0 Å². The van der Waals surface area contributed by atoms with E-state index in [2.05, 4.69) is 37.0 Å². The fourth-order valence-electron chi connectivity index (χ4n) is 4.65. The lowest BCUT2D eigenvalue weighted by Gasteiger charge is -2.18. The molecule has 0 heterocycles. The average molecular weight is 431 g/mol. The molecule has 0 radical (unpaired) electrons. The number of allylic oxidation sites excluding steroid dienone is 7. The molecule has 2 heteroatoms. The van der Waals surface area contributed by atoms with Gasteiger partial charge in [-0.05, 0) is 84.0 Å². The van der Waals surface area contributed by atoms with Crippen molar-refractivity contribution in [2.45, 2.75) is 123 Å². The van der Waals surface area contributed by atoms with E-state index in [0.29, 0.717) is 0 Å². The molecule has 3 atom stereocenters. The molecule has 1 aliphatic carbocycles. The lowest BCUT2D eigenvalue weighted by atomic mass is 9.88. The van der Waals surface area contributed by atoms with E-state index in [9.17, 15) is 5.11 Å². The summed E-state index contributed by atoms with van der Waals surface area (Å²) in [7, 11) is 0. The van der Waals surface area contributed by atoms with Crippen molar-refractivity contribution in [2.24, 2.45) is 11.8 Å². The molecule has 0 aromatic heterocycles. The molecule has 31 heavy (non-hydrogen) atoms. The second kappa shape index (κ2) is 18.5. The Kier molecular flexibility index (Phi) is 16.6. The number of hydrogen-bond donors (Lipinski definition) is 1. The summed E-state index contributed by atoms with van der Waals surface area (Å²) < 4.78 is 5.37. The Labute approximate surface area is 193 Å². The molecule has 0 spiro atoms. The van der Waals surface area contributed by atoms with Crippen molar-refractivity contribution in [3.8, 4) is 0 Å². The van der Waals surface area contributed by atoms with Crippen molar-refractivity contribution in [1.82, 2.24) is 0 Å². The number of unbranched alkanes of at least 4 members (excludes halogenated alkanes) is 5. The Morgan fingerprint density at radius 3 is 2.55 bits per heavy atom. The van der Waals surface area contributed by atoms with Crippen LogP contribution in [0.15, 0.2) is 48.6 Å². The van der Waals surface area contributed by atoms with E-state index in [-0.39, 0.29) is 6.10 Å². The van der Waals surface area contributed by atoms with Crippen LogP contribution < -0.4 is 0 Å². The summed E-state index contributed by atoms with van der Waals surface area (Å²) in [5.41, 5.74) is 1.25. The van der Waals surface area contributed by atoms with Gasteiger partial charge in [0.2, 0.25) is 0 Å². The summed E-state index contributed by atoms with van der Waals surface area (Å²) in [4.78, 5) is 0. The normalized spacial score (nSPS) is 20.7. The highest BCUT2D eigenvalue weighted by atomic mass is 16.6. The maximum absolute atomic E-state index is 9.73. The average Bonchev–Trinajstić information content (AvgIpc) is 3.16. The molecule has 1 N–H and O–H groups in total. The van der Waals surface area contributed by atoms with E-state index in [1.807, 2.05) is 26.8 Å². The zero-order valence-corrected chi connectivity index (χ0v) is 20.7. The van der Waals surface area contributed by atoms with Crippen molar-refractivity contribution in [3.05, 3.63) is 48.6 Å². The second-order valence-electron chi connectivity index (χ2n) is 9.58. The number of aliphatic hydroxyl groups is 1. The van der Waals surface area contributed by atoms with Crippen LogP contribution >= 0.6 is 0 Å². The van der Waals surface area contributed by atoms with Gasteiger partial charge in [0.1, 0.15) is 0 Å². The summed E-state index contributed by atoms with van der Waals surface area (Å²) in [6, 6.07) is 0. The molecule has 1 saturated carbocycles. The molecule has 0 amide bonds. The second-order valence-corrected chi connectivity index (χ2v) is 9.58. The number of hydrogen-bond acceptors (Lipinski definition) is 2. The van der Waals surface area contributed by atoms with Gasteiger partial charge in [-0.25, -0.2) is 0 Å². The third-order valence-electron chi connectivity index (χ3n) is 6.38. The molecule has 1 rings (SSSR count). The zero-order valence-electron chi connectivity index (χ0n) is 20.7. The molecule has 0 saturated heterocycles. The van der Waals surface area contributed by atoms with Crippen molar-refractivity contribution < 1.29 is 9.84 Å². The molecule has 2 nitrogen and oxygen atoms in total. The quantitative estimate of drug-likeness (QED) is 0.102. The van der Waals surface area contributed by atoms with Gasteiger partial charge >= 0.3 is 0 Å². The molecular weight excluding hydrogens is 380 g/mol. The topological polar surface area (TPSA) is 29.5 Å². The first-order valence-corrected chi connectivity index (χ1v) is 13.0. The highest BCUT2D eigenvalue weighted by Gasteiger charge is 2.25. The molecule has 0 aromatic rings. The zero-order chi connectivity index (χ0) is 22.7. The predicted octanol–water partition coefficient (Wildman–Crippen LogP) is 8.68. The lowest BCUT2D eigenvalue weighted by Crippen LogP contribution is -2.16. The molecule has 2 unspecified atom stereocenters. The minimum absolute atomic E-state index is 0.102. The van der Waals surface area contributed by atoms with Gasteiger partial charge in [0, 0.05) is 0 Å². The molecule has 1 fully saturated rings. The third-order valence-corrected chi connectivity index (χ3v) is 6.38. The van der Waals surface area contributed by atoms with Crippen LogP contribution in [0.3, 0.4) is 0 Å². The van der Waals surface area contributed by atoms with Crippen LogP contribution in [0.1, 0.15) is 111 Å². The molecular formula is C29H50O2. The predicted molar refractivity (Wildman–Crippen MR) is 136 cm³/mol. The Morgan fingerprint density at radius 1 is 1.00 bits per heavy atom. The smallest absolute Gasteiger partial charge is 0.154 e. The minimum Gasteiger partial charge on any atom is -0.368 e. The van der Waals surface area contributed by atoms with Gasteiger partial charge in [0.05, 0.1) is 6.10 Å². The van der Waals surface area contributed by atoms with Gasteiger partial charge in [-0.2, -0.15) is 0 Å². The SMILES string of the molecule is C=C(/C=C\C=C/C)CCCCCCC1CCC[C@@H]1C/C=C\CCCCC(O)OC(C)C. The van der Waals surface area contributed by atoms with Gasteiger partial charge < -0.3 is 9.84 Å². The van der Waals surface area contributed by atoms with Crippen LogP contribution in [-0.4, -0.2) is 17.5 Å².